The van der Waals surface area contributed by atoms with Crippen LogP contribution in [0.25, 0.3) is 26.9 Å². The first kappa shape index (κ1) is 25.6. The van der Waals surface area contributed by atoms with Gasteiger partial charge in [-0.15, -0.1) is 4.98 Å². The molecule has 0 atom stereocenters. The average Bonchev–Trinajstić information content (AvgIpc) is 3.36. The maximum atomic E-state index is 13.8. The molecule has 0 bridgehead atoms. The van der Waals surface area contributed by atoms with Gasteiger partial charge in [0.2, 0.25) is 0 Å². The molecule has 7 nitrogen and oxygen atoms in total. The molecule has 0 unspecified atom stereocenters. The number of hydrogen-bond donors (Lipinski definition) is 1. The van der Waals surface area contributed by atoms with Crippen molar-refractivity contribution in [1.29, 1.82) is 0 Å². The van der Waals surface area contributed by atoms with E-state index in [1.54, 1.807) is 12.3 Å². The zero-order valence-corrected chi connectivity index (χ0v) is 21.9. The minimum Gasteiger partial charge on any atom is -0.381 e. The number of carbonyl (C=O) groups is 1. The van der Waals surface area contributed by atoms with Gasteiger partial charge in [0.25, 0.3) is 11.4 Å². The van der Waals surface area contributed by atoms with Gasteiger partial charge >= 0.3 is 0 Å². The summed E-state index contributed by atoms with van der Waals surface area (Å²) >= 11 is 0. The van der Waals surface area contributed by atoms with Crippen LogP contribution in [0.15, 0.2) is 53.6 Å². The van der Waals surface area contributed by atoms with Gasteiger partial charge in [-0.1, -0.05) is 26.0 Å². The van der Waals surface area contributed by atoms with Crippen LogP contribution >= 0.6 is 0 Å². The summed E-state index contributed by atoms with van der Waals surface area (Å²) in [7, 11) is 0. The summed E-state index contributed by atoms with van der Waals surface area (Å²) in [5, 5.41) is 0.919. The number of pyridine rings is 2. The molecule has 1 aliphatic heterocycles. The summed E-state index contributed by atoms with van der Waals surface area (Å²) in [6.07, 6.45) is 8.02. The van der Waals surface area contributed by atoms with E-state index in [-0.39, 0.29) is 17.8 Å². The van der Waals surface area contributed by atoms with Gasteiger partial charge in [-0.3, -0.25) is 9.59 Å². The number of nitrogens with one attached hydrogen (secondary N) is 1. The number of fused-ring (bicyclic) bond motifs is 1. The fraction of sp³-hybridized carbons (Fsp3) is 0.355. The van der Waals surface area contributed by atoms with E-state index in [2.05, 4.69) is 38.6 Å². The van der Waals surface area contributed by atoms with E-state index in [1.807, 2.05) is 31.2 Å². The highest BCUT2D eigenvalue weighted by Crippen LogP contribution is 2.34. The smallest absolute Gasteiger partial charge is 0.269 e. The van der Waals surface area contributed by atoms with E-state index in [4.69, 9.17) is 11.3 Å². The molecule has 7 heteroatoms. The topological polar surface area (TPSA) is 81.3 Å². The number of Topliss-reactive ketones (excluding diaryl/α,β-unsaturated/α-hetero) is 1. The van der Waals surface area contributed by atoms with Gasteiger partial charge in [0, 0.05) is 65.2 Å². The first-order valence-electron chi connectivity index (χ1n) is 13.3. The third kappa shape index (κ3) is 5.18. The lowest BCUT2D eigenvalue weighted by Gasteiger charge is -2.25. The van der Waals surface area contributed by atoms with Gasteiger partial charge in [0.1, 0.15) is 6.20 Å². The lowest BCUT2D eigenvalue weighted by Crippen LogP contribution is -2.19. The molecular weight excluding hydrogens is 476 g/mol. The second-order valence-corrected chi connectivity index (χ2v) is 10.00. The van der Waals surface area contributed by atoms with Crippen LogP contribution in [-0.4, -0.2) is 33.5 Å². The molecule has 3 aromatic heterocycles. The molecule has 0 radical (unpaired) electrons. The van der Waals surface area contributed by atoms with Crippen LogP contribution in [0.2, 0.25) is 0 Å². The first-order valence-corrected chi connectivity index (χ1v) is 13.3. The number of aromatic nitrogens is 3. The molecular formula is C31H32N4O3. The van der Waals surface area contributed by atoms with E-state index < -0.39 is 0 Å². The maximum Gasteiger partial charge on any atom is 0.269 e. The molecule has 0 spiro atoms. The van der Waals surface area contributed by atoms with Gasteiger partial charge in [0.05, 0.1) is 0 Å². The van der Waals surface area contributed by atoms with Crippen molar-refractivity contribution in [2.45, 2.75) is 58.4 Å². The zero-order chi connectivity index (χ0) is 26.6. The Hall–Kier alpha value is -4.02. The molecule has 194 valence electrons. The fourth-order valence-corrected chi connectivity index (χ4v) is 5.49. The Labute approximate surface area is 222 Å². The number of ether oxygens (including phenoxy) is 1. The third-order valence-electron chi connectivity index (χ3n) is 7.40. The Morgan fingerprint density at radius 2 is 1.97 bits per heavy atom. The normalized spacial score (nSPS) is 14.0. The van der Waals surface area contributed by atoms with Crippen LogP contribution < -0.4 is 5.56 Å². The van der Waals surface area contributed by atoms with Crippen molar-refractivity contribution in [3.05, 3.63) is 92.9 Å². The second-order valence-electron chi connectivity index (χ2n) is 10.00. The molecule has 0 aliphatic carbocycles. The van der Waals surface area contributed by atoms with Crippen LogP contribution in [0.1, 0.15) is 65.8 Å². The molecule has 1 aliphatic rings. The van der Waals surface area contributed by atoms with E-state index >= 15 is 0 Å². The van der Waals surface area contributed by atoms with E-state index in [9.17, 15) is 9.59 Å². The molecule has 1 aromatic carbocycles. The molecule has 1 saturated heterocycles. The highest BCUT2D eigenvalue weighted by molar-refractivity contribution is 6.09. The lowest BCUT2D eigenvalue weighted by molar-refractivity contribution is 0.0707. The highest BCUT2D eigenvalue weighted by atomic mass is 16.5. The standard InChI is InChI=1S/C31H32N4O3/c1-4-5-21-16-20(2)34-31(37)25(21)7-8-29(36)27-17-23(22-6-9-30(32-3)33-19-22)18-28-26(27)10-13-35(28)24-11-14-38-15-12-24/h6,9-10,13,16-19,24H,4-5,7-8,11-12,14-15H2,1-2H3,(H,34,37). The van der Waals surface area contributed by atoms with Crippen LogP contribution in [0.3, 0.4) is 0 Å². The molecule has 1 N–H and O–H groups in total. The Bertz CT molecular complexity index is 1570. The summed E-state index contributed by atoms with van der Waals surface area (Å²) in [5.74, 6) is 0.345. The second kappa shape index (κ2) is 11.2. The number of benzene rings is 1. The molecule has 0 amide bonds. The number of H-pyrrole nitrogens is 1. The largest absolute Gasteiger partial charge is 0.381 e. The number of rotatable bonds is 8. The van der Waals surface area contributed by atoms with Crippen LogP contribution in [-0.2, 0) is 17.6 Å². The Balaban J connectivity index is 1.54. The summed E-state index contributed by atoms with van der Waals surface area (Å²) < 4.78 is 7.84. The van der Waals surface area contributed by atoms with Crippen molar-refractivity contribution in [3.63, 3.8) is 0 Å². The summed E-state index contributed by atoms with van der Waals surface area (Å²) in [6.45, 7) is 12.6. The van der Waals surface area contributed by atoms with Crippen molar-refractivity contribution >= 4 is 22.5 Å². The molecule has 1 fully saturated rings. The Morgan fingerprint density at radius 3 is 2.68 bits per heavy atom. The average molecular weight is 509 g/mol. The van der Waals surface area contributed by atoms with Gasteiger partial charge in [-0.25, -0.2) is 0 Å². The number of aromatic amines is 1. The van der Waals surface area contributed by atoms with Crippen LogP contribution in [0, 0.1) is 13.5 Å². The van der Waals surface area contributed by atoms with E-state index in [0.29, 0.717) is 29.4 Å². The quantitative estimate of drug-likeness (QED) is 0.221. The lowest BCUT2D eigenvalue weighted by atomic mass is 9.94. The minimum absolute atomic E-state index is 0.00902. The molecule has 38 heavy (non-hydrogen) atoms. The van der Waals surface area contributed by atoms with Gasteiger partial charge in [-0.05, 0) is 74.1 Å². The Morgan fingerprint density at radius 1 is 1.16 bits per heavy atom. The number of hydrogen-bond acceptors (Lipinski definition) is 4. The number of carbonyl (C=O) groups excluding carboxylic acids is 1. The molecule has 4 aromatic rings. The predicted molar refractivity (Wildman–Crippen MR) is 149 cm³/mol. The Kier molecular flexibility index (Phi) is 7.52. The molecule has 5 rings (SSSR count). The van der Waals surface area contributed by atoms with Crippen LogP contribution in [0.5, 0.6) is 0 Å². The predicted octanol–water partition coefficient (Wildman–Crippen LogP) is 6.37. The summed E-state index contributed by atoms with van der Waals surface area (Å²) in [5.41, 5.74) is 5.87. The maximum absolute atomic E-state index is 13.8. The minimum atomic E-state index is -0.100. The van der Waals surface area contributed by atoms with Crippen molar-refractivity contribution in [2.75, 3.05) is 13.2 Å². The van der Waals surface area contributed by atoms with Gasteiger partial charge in [0.15, 0.2) is 5.78 Å². The highest BCUT2D eigenvalue weighted by Gasteiger charge is 2.21. The molecule has 0 saturated carbocycles. The SMILES string of the molecule is [C-]#[N+]c1ccc(-c2cc(C(=O)CCc3c(CCC)cc(C)[nH]c3=O)c3ccn(C4CCOCC4)c3c2)cn1. The fourth-order valence-electron chi connectivity index (χ4n) is 5.49. The number of ketones is 1. The molecule has 4 heterocycles. The number of nitrogens with zero attached hydrogens (tertiary/aromatic N) is 3. The number of aryl methyl sites for hydroxylation is 2. The van der Waals surface area contributed by atoms with E-state index in [0.717, 1.165) is 72.2 Å². The van der Waals surface area contributed by atoms with E-state index in [1.165, 1.54) is 0 Å². The first-order chi connectivity index (χ1) is 18.5. The van der Waals surface area contributed by atoms with Crippen molar-refractivity contribution in [2.24, 2.45) is 0 Å². The monoisotopic (exact) mass is 508 g/mol. The van der Waals surface area contributed by atoms with Crippen molar-refractivity contribution in [3.8, 4) is 11.1 Å². The van der Waals surface area contributed by atoms with Crippen LogP contribution in [0.4, 0.5) is 5.82 Å². The van der Waals surface area contributed by atoms with Crippen molar-refractivity contribution in [1.82, 2.24) is 14.5 Å². The third-order valence-corrected chi connectivity index (χ3v) is 7.40. The van der Waals surface area contributed by atoms with Gasteiger partial charge in [-0.2, -0.15) is 0 Å². The van der Waals surface area contributed by atoms with Crippen molar-refractivity contribution < 1.29 is 9.53 Å². The zero-order valence-electron chi connectivity index (χ0n) is 21.9. The van der Waals surface area contributed by atoms with Gasteiger partial charge < -0.3 is 19.1 Å². The summed E-state index contributed by atoms with van der Waals surface area (Å²) in [6, 6.07) is 12.0. The summed E-state index contributed by atoms with van der Waals surface area (Å²) in [4.78, 5) is 37.1.